The van der Waals surface area contributed by atoms with Crippen LogP contribution in [0.15, 0.2) is 29.2 Å². The molecule has 0 saturated carbocycles. The molecule has 1 aromatic rings. The van der Waals surface area contributed by atoms with E-state index >= 15 is 0 Å². The fraction of sp³-hybridized carbons (Fsp3) is 0.571. The molecule has 112 valence electrons. The van der Waals surface area contributed by atoms with Crippen molar-refractivity contribution in [2.75, 3.05) is 39.0 Å². The summed E-state index contributed by atoms with van der Waals surface area (Å²) in [5.74, 6) is 0.709. The van der Waals surface area contributed by atoms with E-state index in [1.807, 2.05) is 0 Å². The third-order valence-corrected chi connectivity index (χ3v) is 4.67. The van der Waals surface area contributed by atoms with Crippen LogP contribution < -0.4 is 10.1 Å². The molecule has 0 aliphatic carbocycles. The highest BCUT2D eigenvalue weighted by molar-refractivity contribution is 7.90. The smallest absolute Gasteiger partial charge is 0.175 e. The zero-order chi connectivity index (χ0) is 14.6. The molecule has 6 heteroatoms. The Balaban J connectivity index is 1.82. The van der Waals surface area contributed by atoms with Crippen molar-refractivity contribution in [2.24, 2.45) is 0 Å². The summed E-state index contributed by atoms with van der Waals surface area (Å²) in [6, 6.07) is 7.10. The zero-order valence-electron chi connectivity index (χ0n) is 12.0. The van der Waals surface area contributed by atoms with Crippen molar-refractivity contribution in [3.63, 3.8) is 0 Å². The number of nitrogens with zero attached hydrogens (tertiary/aromatic N) is 1. The lowest BCUT2D eigenvalue weighted by Crippen LogP contribution is -2.50. The van der Waals surface area contributed by atoms with E-state index in [4.69, 9.17) is 4.74 Å². The average molecular weight is 298 g/mol. The highest BCUT2D eigenvalue weighted by Crippen LogP contribution is 2.15. The Labute approximate surface area is 120 Å². The molecule has 1 fully saturated rings. The van der Waals surface area contributed by atoms with E-state index in [1.165, 1.54) is 6.26 Å². The summed E-state index contributed by atoms with van der Waals surface area (Å²) in [5.41, 5.74) is 0. The molecule has 1 aromatic carbocycles. The summed E-state index contributed by atoms with van der Waals surface area (Å²) in [5, 5.41) is 3.35. The van der Waals surface area contributed by atoms with Crippen LogP contribution in [0.25, 0.3) is 0 Å². The van der Waals surface area contributed by atoms with Crippen LogP contribution in [0.4, 0.5) is 0 Å². The number of sulfone groups is 1. The summed E-state index contributed by atoms with van der Waals surface area (Å²) in [7, 11) is -3.14. The molecule has 1 heterocycles. The fourth-order valence-electron chi connectivity index (χ4n) is 2.28. The van der Waals surface area contributed by atoms with Crippen LogP contribution in [0.1, 0.15) is 6.92 Å². The summed E-state index contributed by atoms with van der Waals surface area (Å²) in [6.45, 7) is 6.78. The predicted octanol–water partition coefficient (Wildman–Crippen LogP) is 0.763. The van der Waals surface area contributed by atoms with E-state index in [-0.39, 0.29) is 0 Å². The molecule has 1 saturated heterocycles. The molecule has 1 atom stereocenters. The topological polar surface area (TPSA) is 58.6 Å². The van der Waals surface area contributed by atoms with Gasteiger partial charge in [-0.2, -0.15) is 0 Å². The monoisotopic (exact) mass is 298 g/mol. The maximum Gasteiger partial charge on any atom is 0.175 e. The Morgan fingerprint density at radius 3 is 2.65 bits per heavy atom. The van der Waals surface area contributed by atoms with Crippen molar-refractivity contribution >= 4 is 9.84 Å². The van der Waals surface area contributed by atoms with Gasteiger partial charge in [0, 0.05) is 38.5 Å². The Kier molecular flexibility index (Phi) is 5.01. The molecule has 1 aliphatic rings. The van der Waals surface area contributed by atoms with E-state index in [1.54, 1.807) is 24.3 Å². The van der Waals surface area contributed by atoms with Gasteiger partial charge in [-0.3, -0.25) is 4.90 Å². The highest BCUT2D eigenvalue weighted by atomic mass is 32.2. The first-order valence-corrected chi connectivity index (χ1v) is 8.73. The second-order valence-corrected chi connectivity index (χ2v) is 7.20. The second-order valence-electron chi connectivity index (χ2n) is 5.18. The first-order valence-electron chi connectivity index (χ1n) is 6.84. The molecule has 1 aliphatic heterocycles. The minimum Gasteiger partial charge on any atom is -0.492 e. The van der Waals surface area contributed by atoms with Gasteiger partial charge in [0.1, 0.15) is 12.4 Å². The molecule has 0 unspecified atom stereocenters. The van der Waals surface area contributed by atoms with Gasteiger partial charge in [0.25, 0.3) is 0 Å². The summed E-state index contributed by atoms with van der Waals surface area (Å²) < 4.78 is 28.4. The number of nitrogens with one attached hydrogen (secondary N) is 1. The number of ether oxygens (including phenoxy) is 1. The Hall–Kier alpha value is -1.11. The molecule has 0 aromatic heterocycles. The van der Waals surface area contributed by atoms with Crippen LogP contribution in [0, 0.1) is 0 Å². The minimum atomic E-state index is -3.14. The van der Waals surface area contributed by atoms with Crippen molar-refractivity contribution in [1.82, 2.24) is 10.2 Å². The number of hydrogen-bond acceptors (Lipinski definition) is 5. The van der Waals surface area contributed by atoms with E-state index in [0.29, 0.717) is 23.3 Å². The van der Waals surface area contributed by atoms with Gasteiger partial charge in [-0.15, -0.1) is 0 Å². The molecular formula is C14H22N2O3S. The molecule has 20 heavy (non-hydrogen) atoms. The zero-order valence-corrected chi connectivity index (χ0v) is 12.8. The Morgan fingerprint density at radius 1 is 1.35 bits per heavy atom. The third-order valence-electron chi connectivity index (χ3n) is 3.54. The quantitative estimate of drug-likeness (QED) is 0.870. The number of hydrogen-bond donors (Lipinski definition) is 1. The van der Waals surface area contributed by atoms with Gasteiger partial charge >= 0.3 is 0 Å². The SMILES string of the molecule is C[C@H]1CNCCN1CCOc1ccc(S(C)(=O)=O)cc1. The minimum absolute atomic E-state index is 0.320. The van der Waals surface area contributed by atoms with Gasteiger partial charge in [0.2, 0.25) is 0 Å². The molecular weight excluding hydrogens is 276 g/mol. The van der Waals surface area contributed by atoms with Crippen LogP contribution in [-0.4, -0.2) is 58.4 Å². The van der Waals surface area contributed by atoms with Crippen LogP contribution in [0.5, 0.6) is 5.75 Å². The molecule has 0 amide bonds. The molecule has 0 radical (unpaired) electrons. The van der Waals surface area contributed by atoms with Crippen LogP contribution >= 0.6 is 0 Å². The highest BCUT2D eigenvalue weighted by Gasteiger charge is 2.17. The molecule has 0 bridgehead atoms. The van der Waals surface area contributed by atoms with Crippen molar-refractivity contribution in [3.8, 4) is 5.75 Å². The fourth-order valence-corrected chi connectivity index (χ4v) is 2.91. The van der Waals surface area contributed by atoms with Crippen LogP contribution in [0.3, 0.4) is 0 Å². The third kappa shape index (κ3) is 4.19. The molecule has 5 nitrogen and oxygen atoms in total. The largest absolute Gasteiger partial charge is 0.492 e. The van der Waals surface area contributed by atoms with Crippen LogP contribution in [0.2, 0.25) is 0 Å². The van der Waals surface area contributed by atoms with Gasteiger partial charge in [0.15, 0.2) is 9.84 Å². The maximum absolute atomic E-state index is 11.3. The Morgan fingerprint density at radius 2 is 2.05 bits per heavy atom. The first kappa shape index (κ1) is 15.3. The first-order chi connectivity index (χ1) is 9.47. The molecule has 0 spiro atoms. The second kappa shape index (κ2) is 6.56. The average Bonchev–Trinajstić information content (AvgIpc) is 2.40. The predicted molar refractivity (Wildman–Crippen MR) is 79.0 cm³/mol. The number of rotatable bonds is 5. The summed E-state index contributed by atoms with van der Waals surface area (Å²) in [6.07, 6.45) is 1.20. The van der Waals surface area contributed by atoms with Gasteiger partial charge in [-0.25, -0.2) is 8.42 Å². The van der Waals surface area contributed by atoms with E-state index in [9.17, 15) is 8.42 Å². The van der Waals surface area contributed by atoms with E-state index in [0.717, 1.165) is 26.2 Å². The number of benzene rings is 1. The standard InChI is InChI=1S/C14H22N2O3S/c1-12-11-15-7-8-16(12)9-10-19-13-3-5-14(6-4-13)20(2,17)18/h3-6,12,15H,7-11H2,1-2H3/t12-/m0/s1. The lowest BCUT2D eigenvalue weighted by molar-refractivity contribution is 0.143. The molecule has 1 N–H and O–H groups in total. The molecule has 2 rings (SSSR count). The van der Waals surface area contributed by atoms with Gasteiger partial charge in [0.05, 0.1) is 4.90 Å². The maximum atomic E-state index is 11.3. The summed E-state index contributed by atoms with van der Waals surface area (Å²) in [4.78, 5) is 2.71. The van der Waals surface area contributed by atoms with Gasteiger partial charge < -0.3 is 10.1 Å². The van der Waals surface area contributed by atoms with Crippen molar-refractivity contribution in [2.45, 2.75) is 17.9 Å². The van der Waals surface area contributed by atoms with E-state index in [2.05, 4.69) is 17.1 Å². The normalized spacial score (nSPS) is 20.8. The van der Waals surface area contributed by atoms with E-state index < -0.39 is 9.84 Å². The number of piperazine rings is 1. The van der Waals surface area contributed by atoms with Crippen molar-refractivity contribution < 1.29 is 13.2 Å². The van der Waals surface area contributed by atoms with Gasteiger partial charge in [-0.05, 0) is 31.2 Å². The van der Waals surface area contributed by atoms with Crippen molar-refractivity contribution in [1.29, 1.82) is 0 Å². The lowest BCUT2D eigenvalue weighted by Gasteiger charge is -2.33. The lowest BCUT2D eigenvalue weighted by atomic mass is 10.2. The van der Waals surface area contributed by atoms with Crippen LogP contribution in [-0.2, 0) is 9.84 Å². The Bertz CT molecular complexity index is 528. The summed E-state index contributed by atoms with van der Waals surface area (Å²) >= 11 is 0. The van der Waals surface area contributed by atoms with Crippen molar-refractivity contribution in [3.05, 3.63) is 24.3 Å². The van der Waals surface area contributed by atoms with Gasteiger partial charge in [-0.1, -0.05) is 0 Å².